The molecular formula is C17H16O5. The Morgan fingerprint density at radius 2 is 1.95 bits per heavy atom. The van der Waals surface area contributed by atoms with E-state index < -0.39 is 5.97 Å². The molecule has 2 aromatic carbocycles. The van der Waals surface area contributed by atoms with Gasteiger partial charge >= 0.3 is 5.97 Å². The summed E-state index contributed by atoms with van der Waals surface area (Å²) < 4.78 is 10.8. The van der Waals surface area contributed by atoms with Crippen LogP contribution in [-0.4, -0.2) is 22.8 Å². The zero-order chi connectivity index (χ0) is 16.0. The summed E-state index contributed by atoms with van der Waals surface area (Å²) in [5.41, 5.74) is 1.92. The zero-order valence-electron chi connectivity index (χ0n) is 12.6. The van der Waals surface area contributed by atoms with E-state index in [4.69, 9.17) is 9.47 Å². The third kappa shape index (κ3) is 2.06. The minimum Gasteiger partial charge on any atom is -0.507 e. The predicted molar refractivity (Wildman–Crippen MR) is 81.9 cm³/mol. The highest BCUT2D eigenvalue weighted by Crippen LogP contribution is 2.49. The fraction of sp³-hybridized carbons (Fsp3) is 0.235. The van der Waals surface area contributed by atoms with Crippen molar-refractivity contribution in [2.75, 3.05) is 6.61 Å². The van der Waals surface area contributed by atoms with Crippen LogP contribution in [0.5, 0.6) is 23.0 Å². The Balaban J connectivity index is 2.26. The van der Waals surface area contributed by atoms with E-state index in [2.05, 4.69) is 0 Å². The summed E-state index contributed by atoms with van der Waals surface area (Å²) in [6.07, 6.45) is 1.91. The molecule has 22 heavy (non-hydrogen) atoms. The van der Waals surface area contributed by atoms with Crippen LogP contribution in [0.2, 0.25) is 0 Å². The molecule has 0 aromatic heterocycles. The van der Waals surface area contributed by atoms with Crippen LogP contribution in [0, 0.1) is 6.92 Å². The van der Waals surface area contributed by atoms with Crippen molar-refractivity contribution in [2.45, 2.75) is 20.8 Å². The average molecular weight is 300 g/mol. The lowest BCUT2D eigenvalue weighted by Crippen LogP contribution is -2.01. The SMILES string of the molecule is CC(C)=CCOc1cc(O)c2c3c(c(O)cc(C)c13)C(=O)O2. The first-order chi connectivity index (χ1) is 10.4. The molecule has 0 bridgehead atoms. The van der Waals surface area contributed by atoms with Gasteiger partial charge in [0.1, 0.15) is 23.7 Å². The van der Waals surface area contributed by atoms with Crippen molar-refractivity contribution in [3.05, 3.63) is 34.9 Å². The van der Waals surface area contributed by atoms with Gasteiger partial charge in [0.2, 0.25) is 0 Å². The molecule has 2 aromatic rings. The summed E-state index contributed by atoms with van der Waals surface area (Å²) >= 11 is 0. The molecular weight excluding hydrogens is 284 g/mol. The number of hydrogen-bond donors (Lipinski definition) is 2. The number of allylic oxidation sites excluding steroid dienone is 1. The van der Waals surface area contributed by atoms with E-state index >= 15 is 0 Å². The summed E-state index contributed by atoms with van der Waals surface area (Å²) in [5.74, 6) is -0.491. The van der Waals surface area contributed by atoms with E-state index in [0.29, 0.717) is 23.1 Å². The minimum absolute atomic E-state index is 0.0681. The number of phenolic OH excluding ortho intramolecular Hbond substituents is 2. The number of carbonyl (C=O) groups excluding carboxylic acids is 1. The van der Waals surface area contributed by atoms with Crippen LogP contribution in [0.4, 0.5) is 0 Å². The highest BCUT2D eigenvalue weighted by Gasteiger charge is 2.32. The summed E-state index contributed by atoms with van der Waals surface area (Å²) in [5, 5.41) is 21.1. The number of hydrogen-bond acceptors (Lipinski definition) is 5. The topological polar surface area (TPSA) is 76.0 Å². The number of phenols is 2. The second kappa shape index (κ2) is 4.94. The third-order valence-corrected chi connectivity index (χ3v) is 3.61. The van der Waals surface area contributed by atoms with Crippen LogP contribution in [0.25, 0.3) is 10.8 Å². The number of aryl methyl sites for hydroxylation is 1. The minimum atomic E-state index is -0.672. The number of benzene rings is 2. The molecule has 0 fully saturated rings. The van der Waals surface area contributed by atoms with Crippen molar-refractivity contribution in [1.29, 1.82) is 0 Å². The average Bonchev–Trinajstić information content (AvgIpc) is 2.75. The second-order valence-electron chi connectivity index (χ2n) is 5.54. The van der Waals surface area contributed by atoms with E-state index in [9.17, 15) is 15.0 Å². The predicted octanol–water partition coefficient (Wildman–Crippen LogP) is 3.44. The van der Waals surface area contributed by atoms with Gasteiger partial charge in [0.25, 0.3) is 0 Å². The van der Waals surface area contributed by atoms with Crippen molar-refractivity contribution in [2.24, 2.45) is 0 Å². The van der Waals surface area contributed by atoms with Gasteiger partial charge in [-0.1, -0.05) is 5.57 Å². The van der Waals surface area contributed by atoms with E-state index in [1.54, 1.807) is 6.92 Å². The molecule has 5 heteroatoms. The van der Waals surface area contributed by atoms with Crippen LogP contribution < -0.4 is 9.47 Å². The van der Waals surface area contributed by atoms with Gasteiger partial charge in [-0.3, -0.25) is 0 Å². The molecule has 0 spiro atoms. The Kier molecular flexibility index (Phi) is 3.20. The molecule has 1 heterocycles. The number of esters is 1. The lowest BCUT2D eigenvalue weighted by molar-refractivity contribution is 0.0747. The molecule has 3 rings (SSSR count). The maximum absolute atomic E-state index is 11.9. The monoisotopic (exact) mass is 300 g/mol. The van der Waals surface area contributed by atoms with Crippen molar-refractivity contribution >= 4 is 16.7 Å². The summed E-state index contributed by atoms with van der Waals surface area (Å²) in [6.45, 7) is 6.07. The van der Waals surface area contributed by atoms with Gasteiger partial charge < -0.3 is 19.7 Å². The number of rotatable bonds is 3. The van der Waals surface area contributed by atoms with E-state index in [1.807, 2.05) is 19.9 Å². The molecule has 114 valence electrons. The molecule has 1 aliphatic rings. The Morgan fingerprint density at radius 1 is 1.23 bits per heavy atom. The van der Waals surface area contributed by atoms with Crippen molar-refractivity contribution in [1.82, 2.24) is 0 Å². The zero-order valence-corrected chi connectivity index (χ0v) is 12.6. The summed E-state index contributed by atoms with van der Waals surface area (Å²) in [6, 6.07) is 2.93. The molecule has 0 radical (unpaired) electrons. The van der Waals surface area contributed by atoms with Gasteiger partial charge in [0.05, 0.1) is 5.39 Å². The van der Waals surface area contributed by atoms with E-state index in [0.717, 1.165) is 11.1 Å². The fourth-order valence-corrected chi connectivity index (χ4v) is 2.60. The van der Waals surface area contributed by atoms with E-state index in [1.165, 1.54) is 12.1 Å². The standard InChI is InChI=1S/C17H16O5/c1-8(2)4-5-21-12-7-11(19)16-15-13(12)9(3)6-10(18)14(15)17(20)22-16/h4,6-7,18-19H,5H2,1-3H3. The smallest absolute Gasteiger partial charge is 0.348 e. The Bertz CT molecular complexity index is 829. The molecule has 0 saturated heterocycles. The molecule has 2 N–H and O–H groups in total. The largest absolute Gasteiger partial charge is 0.507 e. The fourth-order valence-electron chi connectivity index (χ4n) is 2.60. The van der Waals surface area contributed by atoms with Crippen molar-refractivity contribution < 1.29 is 24.5 Å². The first-order valence-corrected chi connectivity index (χ1v) is 6.90. The lowest BCUT2D eigenvalue weighted by Gasteiger charge is -2.12. The second-order valence-corrected chi connectivity index (χ2v) is 5.54. The van der Waals surface area contributed by atoms with Gasteiger partial charge in [0.15, 0.2) is 11.5 Å². The van der Waals surface area contributed by atoms with Gasteiger partial charge in [-0.2, -0.15) is 0 Å². The van der Waals surface area contributed by atoms with Crippen LogP contribution in [0.15, 0.2) is 23.8 Å². The molecule has 0 atom stereocenters. The highest BCUT2D eigenvalue weighted by molar-refractivity contribution is 6.17. The van der Waals surface area contributed by atoms with Gasteiger partial charge in [-0.15, -0.1) is 0 Å². The summed E-state index contributed by atoms with van der Waals surface area (Å²) in [4.78, 5) is 11.9. The van der Waals surface area contributed by atoms with E-state index in [-0.39, 0.29) is 22.8 Å². The first-order valence-electron chi connectivity index (χ1n) is 6.90. The highest BCUT2D eigenvalue weighted by atomic mass is 16.5. The van der Waals surface area contributed by atoms with Crippen molar-refractivity contribution in [3.63, 3.8) is 0 Å². The maximum atomic E-state index is 11.9. The van der Waals surface area contributed by atoms with Crippen LogP contribution in [0.1, 0.15) is 29.8 Å². The van der Waals surface area contributed by atoms with Gasteiger partial charge in [0, 0.05) is 11.5 Å². The molecule has 5 nitrogen and oxygen atoms in total. The number of carbonyl (C=O) groups is 1. The number of ether oxygens (including phenoxy) is 2. The van der Waals surface area contributed by atoms with Crippen LogP contribution in [-0.2, 0) is 0 Å². The molecule has 0 aliphatic carbocycles. The molecule has 0 unspecified atom stereocenters. The van der Waals surface area contributed by atoms with Gasteiger partial charge in [-0.25, -0.2) is 4.79 Å². The van der Waals surface area contributed by atoms with Crippen LogP contribution in [0.3, 0.4) is 0 Å². The Hall–Kier alpha value is -2.69. The maximum Gasteiger partial charge on any atom is 0.348 e. The van der Waals surface area contributed by atoms with Gasteiger partial charge in [-0.05, 0) is 38.5 Å². The summed E-state index contributed by atoms with van der Waals surface area (Å²) in [7, 11) is 0. The number of aromatic hydroxyl groups is 2. The lowest BCUT2D eigenvalue weighted by atomic mass is 9.98. The third-order valence-electron chi connectivity index (χ3n) is 3.61. The quantitative estimate of drug-likeness (QED) is 0.516. The Labute approximate surface area is 127 Å². The van der Waals surface area contributed by atoms with Crippen LogP contribution >= 0.6 is 0 Å². The van der Waals surface area contributed by atoms with Crippen molar-refractivity contribution in [3.8, 4) is 23.0 Å². The molecule has 0 saturated carbocycles. The first kappa shape index (κ1) is 14.3. The molecule has 0 amide bonds. The molecule has 1 aliphatic heterocycles. The normalized spacial score (nSPS) is 12.4. The Morgan fingerprint density at radius 3 is 2.64 bits per heavy atom.